The maximum absolute atomic E-state index is 13.4. The molecule has 0 fully saturated rings. The van der Waals surface area contributed by atoms with E-state index in [1.54, 1.807) is 11.9 Å². The average molecular weight is 264 g/mol. The third kappa shape index (κ3) is 2.59. The van der Waals surface area contributed by atoms with Gasteiger partial charge in [-0.05, 0) is 30.3 Å². The van der Waals surface area contributed by atoms with E-state index < -0.39 is 5.82 Å². The number of hydrogen-bond acceptors (Lipinski definition) is 3. The summed E-state index contributed by atoms with van der Waals surface area (Å²) in [5, 5.41) is 0. The van der Waals surface area contributed by atoms with E-state index in [1.807, 2.05) is 0 Å². The molecule has 0 spiro atoms. The highest BCUT2D eigenvalue weighted by Gasteiger charge is 2.13. The summed E-state index contributed by atoms with van der Waals surface area (Å²) < 4.78 is 31.6. The Bertz CT molecular complexity index is 602. The average Bonchev–Trinajstić information content (AvgIpc) is 2.38. The molecule has 0 radical (unpaired) electrons. The van der Waals surface area contributed by atoms with Gasteiger partial charge in [0.05, 0.1) is 24.2 Å². The first-order valence-corrected chi connectivity index (χ1v) is 5.65. The minimum atomic E-state index is -0.416. The lowest BCUT2D eigenvalue weighted by Gasteiger charge is -2.23. The molecule has 0 aliphatic carbocycles. The van der Waals surface area contributed by atoms with Gasteiger partial charge in [-0.25, -0.2) is 8.78 Å². The Hall–Kier alpha value is -2.30. The zero-order valence-electron chi connectivity index (χ0n) is 10.7. The van der Waals surface area contributed by atoms with Crippen molar-refractivity contribution >= 4 is 17.1 Å². The van der Waals surface area contributed by atoms with Gasteiger partial charge in [-0.3, -0.25) is 0 Å². The van der Waals surface area contributed by atoms with Crippen LogP contribution in [-0.4, -0.2) is 14.2 Å². The molecule has 2 N–H and O–H groups in total. The highest BCUT2D eigenvalue weighted by atomic mass is 19.1. The second-order valence-electron chi connectivity index (χ2n) is 4.08. The Morgan fingerprint density at radius 2 is 1.63 bits per heavy atom. The van der Waals surface area contributed by atoms with Crippen molar-refractivity contribution in [2.45, 2.75) is 0 Å². The molecule has 0 aliphatic heterocycles. The third-order valence-corrected chi connectivity index (χ3v) is 2.85. The summed E-state index contributed by atoms with van der Waals surface area (Å²) in [6.07, 6.45) is 0. The van der Waals surface area contributed by atoms with Crippen LogP contribution in [0.15, 0.2) is 36.4 Å². The minimum absolute atomic E-state index is 0.272. The summed E-state index contributed by atoms with van der Waals surface area (Å²) in [5.74, 6) is -0.295. The zero-order valence-corrected chi connectivity index (χ0v) is 10.7. The molecule has 0 bridgehead atoms. The largest absolute Gasteiger partial charge is 0.495 e. The van der Waals surface area contributed by atoms with Crippen molar-refractivity contribution in [2.75, 3.05) is 24.8 Å². The van der Waals surface area contributed by atoms with E-state index in [9.17, 15) is 8.78 Å². The smallest absolute Gasteiger partial charge is 0.142 e. The van der Waals surface area contributed by atoms with Gasteiger partial charge in [0.2, 0.25) is 0 Å². The first-order valence-electron chi connectivity index (χ1n) is 5.65. The fraction of sp³-hybridized carbons (Fsp3) is 0.143. The van der Waals surface area contributed by atoms with E-state index >= 15 is 0 Å². The zero-order chi connectivity index (χ0) is 14.0. The van der Waals surface area contributed by atoms with Crippen molar-refractivity contribution in [2.24, 2.45) is 0 Å². The number of nitrogens with zero attached hydrogens (tertiary/aromatic N) is 1. The Kier molecular flexibility index (Phi) is 3.55. The third-order valence-electron chi connectivity index (χ3n) is 2.85. The highest BCUT2D eigenvalue weighted by molar-refractivity contribution is 5.77. The first kappa shape index (κ1) is 13.1. The van der Waals surface area contributed by atoms with Crippen LogP contribution in [0.3, 0.4) is 0 Å². The second kappa shape index (κ2) is 5.14. The van der Waals surface area contributed by atoms with Crippen molar-refractivity contribution in [3.05, 3.63) is 48.0 Å². The van der Waals surface area contributed by atoms with Crippen LogP contribution in [0, 0.1) is 11.6 Å². The molecule has 0 aromatic heterocycles. The Balaban J connectivity index is 2.49. The lowest BCUT2D eigenvalue weighted by atomic mass is 10.2. The second-order valence-corrected chi connectivity index (χ2v) is 4.08. The molecule has 0 saturated heterocycles. The van der Waals surface area contributed by atoms with Crippen LogP contribution in [-0.2, 0) is 0 Å². The molecule has 100 valence electrons. The molecule has 0 aliphatic rings. The monoisotopic (exact) mass is 264 g/mol. The summed E-state index contributed by atoms with van der Waals surface area (Å²) in [7, 11) is 3.21. The highest BCUT2D eigenvalue weighted by Crippen LogP contribution is 2.35. The molecule has 0 atom stereocenters. The van der Waals surface area contributed by atoms with Crippen LogP contribution in [0.25, 0.3) is 0 Å². The Morgan fingerprint density at radius 1 is 1.00 bits per heavy atom. The van der Waals surface area contributed by atoms with Gasteiger partial charge in [-0.2, -0.15) is 0 Å². The number of benzene rings is 2. The summed E-state index contributed by atoms with van der Waals surface area (Å²) in [6, 6.07) is 8.23. The molecule has 0 saturated carbocycles. The molecule has 0 heterocycles. The standard InChI is InChI=1S/C14H14F2N2O/c1-18(12-5-3-9(15)7-11(12)17)13-8-10(16)4-6-14(13)19-2/h3-8H,17H2,1-2H3. The van der Waals surface area contributed by atoms with Gasteiger partial charge in [0.15, 0.2) is 0 Å². The van der Waals surface area contributed by atoms with Gasteiger partial charge in [-0.1, -0.05) is 0 Å². The number of nitrogens with two attached hydrogens (primary N) is 1. The maximum Gasteiger partial charge on any atom is 0.142 e. The van der Waals surface area contributed by atoms with Crippen LogP contribution in [0.1, 0.15) is 0 Å². The van der Waals surface area contributed by atoms with Crippen molar-refractivity contribution in [1.82, 2.24) is 0 Å². The van der Waals surface area contributed by atoms with Gasteiger partial charge in [0.1, 0.15) is 17.4 Å². The summed E-state index contributed by atoms with van der Waals surface area (Å²) in [6.45, 7) is 0. The quantitative estimate of drug-likeness (QED) is 0.864. The van der Waals surface area contributed by atoms with Crippen LogP contribution in [0.4, 0.5) is 25.8 Å². The van der Waals surface area contributed by atoms with Crippen molar-refractivity contribution < 1.29 is 13.5 Å². The maximum atomic E-state index is 13.4. The van der Waals surface area contributed by atoms with Crippen LogP contribution in [0.5, 0.6) is 5.75 Å². The van der Waals surface area contributed by atoms with E-state index in [2.05, 4.69) is 0 Å². The molecule has 2 aromatic rings. The number of anilines is 3. The first-order chi connectivity index (χ1) is 9.02. The lowest BCUT2D eigenvalue weighted by Crippen LogP contribution is -2.13. The lowest BCUT2D eigenvalue weighted by molar-refractivity contribution is 0.414. The molecule has 2 aromatic carbocycles. The fourth-order valence-electron chi connectivity index (χ4n) is 1.89. The van der Waals surface area contributed by atoms with Crippen LogP contribution < -0.4 is 15.4 Å². The van der Waals surface area contributed by atoms with Crippen LogP contribution in [0.2, 0.25) is 0 Å². The molecule has 0 unspecified atom stereocenters. The molecular formula is C14H14F2N2O. The number of nitrogen functional groups attached to an aromatic ring is 1. The Morgan fingerprint density at radius 3 is 2.26 bits per heavy atom. The van der Waals surface area contributed by atoms with E-state index in [1.165, 1.54) is 43.5 Å². The molecule has 5 heteroatoms. The predicted molar refractivity (Wildman–Crippen MR) is 71.8 cm³/mol. The van der Waals surface area contributed by atoms with Crippen LogP contribution >= 0.6 is 0 Å². The van der Waals surface area contributed by atoms with Crippen molar-refractivity contribution in [1.29, 1.82) is 0 Å². The molecular weight excluding hydrogens is 250 g/mol. The van der Waals surface area contributed by atoms with Gasteiger partial charge in [-0.15, -0.1) is 0 Å². The summed E-state index contributed by atoms with van der Waals surface area (Å²) in [4.78, 5) is 1.65. The Labute approximate surface area is 110 Å². The van der Waals surface area contributed by atoms with E-state index in [0.29, 0.717) is 17.1 Å². The van der Waals surface area contributed by atoms with Gasteiger partial charge in [0, 0.05) is 13.1 Å². The molecule has 19 heavy (non-hydrogen) atoms. The van der Waals surface area contributed by atoms with E-state index in [0.717, 1.165) is 0 Å². The predicted octanol–water partition coefficient (Wildman–Crippen LogP) is 3.32. The molecule has 0 amide bonds. The minimum Gasteiger partial charge on any atom is -0.495 e. The number of halogens is 2. The van der Waals surface area contributed by atoms with E-state index in [-0.39, 0.29) is 11.5 Å². The van der Waals surface area contributed by atoms with Gasteiger partial charge < -0.3 is 15.4 Å². The number of hydrogen-bond donors (Lipinski definition) is 1. The number of rotatable bonds is 3. The SMILES string of the molecule is COc1ccc(F)cc1N(C)c1ccc(F)cc1N. The number of ether oxygens (including phenoxy) is 1. The normalized spacial score (nSPS) is 10.3. The molecule has 3 nitrogen and oxygen atoms in total. The fourth-order valence-corrected chi connectivity index (χ4v) is 1.89. The van der Waals surface area contributed by atoms with E-state index in [4.69, 9.17) is 10.5 Å². The van der Waals surface area contributed by atoms with Gasteiger partial charge >= 0.3 is 0 Å². The topological polar surface area (TPSA) is 38.5 Å². The van der Waals surface area contributed by atoms with Crippen molar-refractivity contribution in [3.63, 3.8) is 0 Å². The summed E-state index contributed by atoms with van der Waals surface area (Å²) >= 11 is 0. The molecule has 2 rings (SSSR count). The van der Waals surface area contributed by atoms with Gasteiger partial charge in [0.25, 0.3) is 0 Å². The number of methoxy groups -OCH3 is 1. The summed E-state index contributed by atoms with van der Waals surface area (Å²) in [5.41, 5.74) is 7.13. The van der Waals surface area contributed by atoms with Crippen molar-refractivity contribution in [3.8, 4) is 5.75 Å².